The van der Waals surface area contributed by atoms with E-state index in [4.69, 9.17) is 9.47 Å². The van der Waals surface area contributed by atoms with Gasteiger partial charge in [-0.15, -0.1) is 18.5 Å². The molecule has 2 unspecified atom stereocenters. The molecule has 0 aromatic heterocycles. The topological polar surface area (TPSA) is 18.5 Å². The van der Waals surface area contributed by atoms with E-state index < -0.39 is 0 Å². The molecule has 4 atom stereocenters. The summed E-state index contributed by atoms with van der Waals surface area (Å²) < 4.78 is 11.3. The monoisotopic (exact) mass is 194 g/mol. The van der Waals surface area contributed by atoms with Crippen molar-refractivity contribution in [1.82, 2.24) is 0 Å². The van der Waals surface area contributed by atoms with Crippen LogP contribution in [0.1, 0.15) is 13.8 Å². The van der Waals surface area contributed by atoms with Gasteiger partial charge < -0.3 is 9.47 Å². The molecule has 1 fully saturated rings. The van der Waals surface area contributed by atoms with Gasteiger partial charge in [-0.1, -0.05) is 0 Å². The molecule has 11 heavy (non-hydrogen) atoms. The maximum Gasteiger partial charge on any atom is 0.163 e. The van der Waals surface area contributed by atoms with Crippen LogP contribution in [0.15, 0.2) is 0 Å². The van der Waals surface area contributed by atoms with Crippen LogP contribution in [-0.2, 0) is 9.47 Å². The van der Waals surface area contributed by atoms with Gasteiger partial charge >= 0.3 is 0 Å². The Morgan fingerprint density at radius 2 is 1.45 bits per heavy atom. The fraction of sp³-hybridized carbons (Fsp3) is 1.00. The SMILES string of the molecule is CC1(C)O[C@H](CP)[C@@H](CP)O1. The zero-order valence-corrected chi connectivity index (χ0v) is 9.35. The van der Waals surface area contributed by atoms with E-state index in [-0.39, 0.29) is 18.0 Å². The van der Waals surface area contributed by atoms with Crippen LogP contribution in [0.3, 0.4) is 0 Å². The minimum Gasteiger partial charge on any atom is -0.344 e. The Balaban J connectivity index is 2.55. The molecule has 1 aliphatic heterocycles. The standard InChI is InChI=1S/C7H16O2P2/c1-7(2)8-5(3-10)6(4-11)9-7/h5-6H,3-4,10-11H2,1-2H3/t5-,6-/m1/s1. The minimum atomic E-state index is -0.386. The predicted molar refractivity (Wildman–Crippen MR) is 53.0 cm³/mol. The van der Waals surface area contributed by atoms with Gasteiger partial charge in [0.05, 0.1) is 12.2 Å². The molecule has 0 saturated carbocycles. The maximum absolute atomic E-state index is 5.65. The Morgan fingerprint density at radius 1 is 1.09 bits per heavy atom. The Kier molecular flexibility index (Phi) is 3.28. The van der Waals surface area contributed by atoms with E-state index >= 15 is 0 Å². The molecule has 0 radical (unpaired) electrons. The van der Waals surface area contributed by atoms with Crippen molar-refractivity contribution in [3.05, 3.63) is 0 Å². The smallest absolute Gasteiger partial charge is 0.163 e. The molecular weight excluding hydrogens is 178 g/mol. The van der Waals surface area contributed by atoms with Crippen LogP contribution in [0, 0.1) is 0 Å². The van der Waals surface area contributed by atoms with Gasteiger partial charge in [-0.25, -0.2) is 0 Å². The van der Waals surface area contributed by atoms with Crippen LogP contribution in [0.4, 0.5) is 0 Å². The quantitative estimate of drug-likeness (QED) is 0.616. The van der Waals surface area contributed by atoms with E-state index in [1.807, 2.05) is 13.8 Å². The predicted octanol–water partition coefficient (Wildman–Crippen LogP) is 1.26. The highest BCUT2D eigenvalue weighted by atomic mass is 31.0. The Bertz CT molecular complexity index is 124. The number of ether oxygens (including phenoxy) is 2. The largest absolute Gasteiger partial charge is 0.344 e. The second-order valence-electron chi connectivity index (χ2n) is 3.18. The van der Waals surface area contributed by atoms with Gasteiger partial charge in [0.2, 0.25) is 0 Å². The normalized spacial score (nSPS) is 36.0. The summed E-state index contributed by atoms with van der Waals surface area (Å²) >= 11 is 0. The van der Waals surface area contributed by atoms with E-state index in [2.05, 4.69) is 18.5 Å². The van der Waals surface area contributed by atoms with Crippen LogP contribution < -0.4 is 0 Å². The van der Waals surface area contributed by atoms with Crippen molar-refractivity contribution in [1.29, 1.82) is 0 Å². The van der Waals surface area contributed by atoms with Crippen LogP contribution >= 0.6 is 18.5 Å². The summed E-state index contributed by atoms with van der Waals surface area (Å²) in [5.41, 5.74) is 0. The van der Waals surface area contributed by atoms with Crippen molar-refractivity contribution in [2.75, 3.05) is 12.3 Å². The molecule has 0 bridgehead atoms. The molecule has 0 aliphatic carbocycles. The van der Waals surface area contributed by atoms with Gasteiger partial charge in [0, 0.05) is 0 Å². The molecule has 66 valence electrons. The van der Waals surface area contributed by atoms with Gasteiger partial charge in [0.1, 0.15) is 0 Å². The Hall–Kier alpha value is 0.780. The molecule has 0 aromatic carbocycles. The maximum atomic E-state index is 5.65. The van der Waals surface area contributed by atoms with E-state index in [0.717, 1.165) is 12.3 Å². The second-order valence-corrected chi connectivity index (χ2v) is 4.13. The van der Waals surface area contributed by atoms with Gasteiger partial charge in [0.15, 0.2) is 5.79 Å². The molecule has 0 N–H and O–H groups in total. The number of rotatable bonds is 2. The lowest BCUT2D eigenvalue weighted by Gasteiger charge is -2.16. The molecule has 2 nitrogen and oxygen atoms in total. The van der Waals surface area contributed by atoms with Gasteiger partial charge in [-0.2, -0.15) is 0 Å². The first-order valence-corrected chi connectivity index (χ1v) is 5.48. The summed E-state index contributed by atoms with van der Waals surface area (Å²) in [4.78, 5) is 0. The van der Waals surface area contributed by atoms with Gasteiger partial charge in [-0.05, 0) is 26.2 Å². The van der Waals surface area contributed by atoms with Crippen LogP contribution in [0.5, 0.6) is 0 Å². The molecule has 0 spiro atoms. The highest BCUT2D eigenvalue weighted by Gasteiger charge is 2.38. The Labute approximate surface area is 72.8 Å². The van der Waals surface area contributed by atoms with Crippen LogP contribution in [0.2, 0.25) is 0 Å². The van der Waals surface area contributed by atoms with Crippen LogP contribution in [-0.4, -0.2) is 30.3 Å². The average molecular weight is 194 g/mol. The minimum absolute atomic E-state index is 0.243. The zero-order chi connectivity index (χ0) is 8.48. The first kappa shape index (κ1) is 9.86. The van der Waals surface area contributed by atoms with Crippen LogP contribution in [0.25, 0.3) is 0 Å². The third-order valence-electron chi connectivity index (χ3n) is 1.75. The van der Waals surface area contributed by atoms with Crippen molar-refractivity contribution < 1.29 is 9.47 Å². The molecular formula is C7H16O2P2. The third-order valence-corrected chi connectivity index (χ3v) is 2.68. The summed E-state index contributed by atoms with van der Waals surface area (Å²) in [6, 6.07) is 0. The van der Waals surface area contributed by atoms with Crippen molar-refractivity contribution in [2.45, 2.75) is 31.8 Å². The van der Waals surface area contributed by atoms with Gasteiger partial charge in [-0.3, -0.25) is 0 Å². The molecule has 1 heterocycles. The van der Waals surface area contributed by atoms with E-state index in [1.165, 1.54) is 0 Å². The van der Waals surface area contributed by atoms with Crippen molar-refractivity contribution >= 4 is 18.5 Å². The lowest BCUT2D eigenvalue weighted by Crippen LogP contribution is -2.24. The molecule has 1 aliphatic rings. The van der Waals surface area contributed by atoms with Crippen molar-refractivity contribution in [2.24, 2.45) is 0 Å². The summed E-state index contributed by atoms with van der Waals surface area (Å²) in [7, 11) is 5.38. The third kappa shape index (κ3) is 2.36. The highest BCUT2D eigenvalue weighted by Crippen LogP contribution is 2.29. The van der Waals surface area contributed by atoms with E-state index in [0.29, 0.717) is 0 Å². The summed E-state index contributed by atoms with van der Waals surface area (Å²) in [6.45, 7) is 3.92. The highest BCUT2D eigenvalue weighted by molar-refractivity contribution is 7.17. The number of hydrogen-bond donors (Lipinski definition) is 0. The lowest BCUT2D eigenvalue weighted by molar-refractivity contribution is -0.142. The summed E-state index contributed by atoms with van der Waals surface area (Å²) in [6.07, 6.45) is 2.38. The summed E-state index contributed by atoms with van der Waals surface area (Å²) in [5.74, 6) is -0.386. The fourth-order valence-electron chi connectivity index (χ4n) is 1.31. The van der Waals surface area contributed by atoms with Gasteiger partial charge in [0.25, 0.3) is 0 Å². The van der Waals surface area contributed by atoms with E-state index in [9.17, 15) is 0 Å². The van der Waals surface area contributed by atoms with E-state index in [1.54, 1.807) is 0 Å². The fourth-order valence-corrected chi connectivity index (χ4v) is 2.11. The Morgan fingerprint density at radius 3 is 1.73 bits per heavy atom. The first-order valence-electron chi connectivity index (χ1n) is 3.85. The number of hydrogen-bond acceptors (Lipinski definition) is 2. The summed E-state index contributed by atoms with van der Waals surface area (Å²) in [5, 5.41) is 0. The average Bonchev–Trinajstić information content (AvgIpc) is 2.25. The first-order chi connectivity index (χ1) is 5.09. The molecule has 1 saturated heterocycles. The molecule has 4 heteroatoms. The second kappa shape index (κ2) is 3.66. The molecule has 0 amide bonds. The molecule has 0 aromatic rings. The lowest BCUT2D eigenvalue weighted by atomic mass is 10.3. The zero-order valence-electron chi connectivity index (χ0n) is 7.04. The van der Waals surface area contributed by atoms with Crippen molar-refractivity contribution in [3.63, 3.8) is 0 Å². The van der Waals surface area contributed by atoms with Crippen molar-refractivity contribution in [3.8, 4) is 0 Å². The molecule has 1 rings (SSSR count).